The van der Waals surface area contributed by atoms with Crippen molar-refractivity contribution in [2.24, 2.45) is 11.1 Å². The summed E-state index contributed by atoms with van der Waals surface area (Å²) in [6.45, 7) is 7.69. The van der Waals surface area contributed by atoms with Crippen molar-refractivity contribution in [1.82, 2.24) is 9.88 Å². The van der Waals surface area contributed by atoms with Gasteiger partial charge in [-0.1, -0.05) is 19.9 Å². The van der Waals surface area contributed by atoms with E-state index >= 15 is 0 Å². The van der Waals surface area contributed by atoms with E-state index in [9.17, 15) is 4.79 Å². The average molecular weight is 263 g/mol. The predicted molar refractivity (Wildman–Crippen MR) is 77.4 cm³/mol. The molecule has 1 heterocycles. The molecule has 4 heteroatoms. The van der Waals surface area contributed by atoms with E-state index in [4.69, 9.17) is 5.73 Å². The number of hydrogen-bond acceptors (Lipinski definition) is 3. The molecule has 19 heavy (non-hydrogen) atoms. The van der Waals surface area contributed by atoms with E-state index in [0.29, 0.717) is 19.6 Å². The summed E-state index contributed by atoms with van der Waals surface area (Å²) in [7, 11) is 0. The molecule has 0 bridgehead atoms. The first-order valence-electron chi connectivity index (χ1n) is 7.02. The van der Waals surface area contributed by atoms with Gasteiger partial charge in [-0.3, -0.25) is 9.78 Å². The maximum atomic E-state index is 12.7. The zero-order chi connectivity index (χ0) is 14.3. The molecule has 0 saturated heterocycles. The van der Waals surface area contributed by atoms with Gasteiger partial charge in [0.25, 0.3) is 0 Å². The Kier molecular flexibility index (Phi) is 5.96. The molecular weight excluding hydrogens is 238 g/mol. The third-order valence-electron chi connectivity index (χ3n) is 3.95. The summed E-state index contributed by atoms with van der Waals surface area (Å²) >= 11 is 0. The van der Waals surface area contributed by atoms with Crippen molar-refractivity contribution < 1.29 is 4.79 Å². The van der Waals surface area contributed by atoms with E-state index in [1.165, 1.54) is 0 Å². The second-order valence-corrected chi connectivity index (χ2v) is 4.83. The quantitative estimate of drug-likeness (QED) is 0.820. The number of rotatable bonds is 7. The highest BCUT2D eigenvalue weighted by Gasteiger charge is 2.36. The van der Waals surface area contributed by atoms with E-state index in [2.05, 4.69) is 4.98 Å². The standard InChI is InChI=1S/C15H25N3O/c1-4-15(5-2,12-16)14(19)18(6-3)11-13-9-7-8-10-17-13/h7-10H,4-6,11-12,16H2,1-3H3. The van der Waals surface area contributed by atoms with Crippen molar-refractivity contribution in [2.45, 2.75) is 40.2 Å². The lowest BCUT2D eigenvalue weighted by molar-refractivity contribution is -0.142. The molecule has 0 atom stereocenters. The molecule has 0 saturated carbocycles. The summed E-state index contributed by atoms with van der Waals surface area (Å²) in [5.74, 6) is 0.146. The second-order valence-electron chi connectivity index (χ2n) is 4.83. The van der Waals surface area contributed by atoms with E-state index in [-0.39, 0.29) is 5.91 Å². The lowest BCUT2D eigenvalue weighted by Gasteiger charge is -2.34. The van der Waals surface area contributed by atoms with E-state index in [1.807, 2.05) is 43.9 Å². The van der Waals surface area contributed by atoms with E-state index < -0.39 is 5.41 Å². The lowest BCUT2D eigenvalue weighted by atomic mass is 9.81. The van der Waals surface area contributed by atoms with Crippen LogP contribution in [-0.2, 0) is 11.3 Å². The van der Waals surface area contributed by atoms with Gasteiger partial charge in [-0.2, -0.15) is 0 Å². The maximum absolute atomic E-state index is 12.7. The van der Waals surface area contributed by atoms with E-state index in [1.54, 1.807) is 6.20 Å². The number of nitrogens with two attached hydrogens (primary N) is 1. The largest absolute Gasteiger partial charge is 0.337 e. The van der Waals surface area contributed by atoms with Gasteiger partial charge in [0.2, 0.25) is 5.91 Å². The Morgan fingerprint density at radius 2 is 2.00 bits per heavy atom. The number of amides is 1. The Morgan fingerprint density at radius 1 is 1.32 bits per heavy atom. The zero-order valence-corrected chi connectivity index (χ0v) is 12.2. The summed E-state index contributed by atoms with van der Waals surface area (Å²) in [5, 5.41) is 0. The fourth-order valence-electron chi connectivity index (χ4n) is 2.28. The van der Waals surface area contributed by atoms with Crippen LogP contribution < -0.4 is 5.73 Å². The van der Waals surface area contributed by atoms with Crippen LogP contribution in [0.4, 0.5) is 0 Å². The van der Waals surface area contributed by atoms with Crippen LogP contribution in [0, 0.1) is 5.41 Å². The monoisotopic (exact) mass is 263 g/mol. The molecule has 0 aliphatic rings. The lowest BCUT2D eigenvalue weighted by Crippen LogP contribution is -2.47. The van der Waals surface area contributed by atoms with Crippen LogP contribution in [0.15, 0.2) is 24.4 Å². The van der Waals surface area contributed by atoms with Crippen molar-refractivity contribution in [3.63, 3.8) is 0 Å². The minimum absolute atomic E-state index is 0.146. The molecule has 1 amide bonds. The molecule has 2 N–H and O–H groups in total. The van der Waals surface area contributed by atoms with Crippen LogP contribution in [0.2, 0.25) is 0 Å². The first-order chi connectivity index (χ1) is 9.13. The molecule has 0 aliphatic carbocycles. The number of nitrogens with zero attached hydrogens (tertiary/aromatic N) is 2. The van der Waals surface area contributed by atoms with Gasteiger partial charge in [-0.25, -0.2) is 0 Å². The molecule has 4 nitrogen and oxygen atoms in total. The van der Waals surface area contributed by atoms with Gasteiger partial charge >= 0.3 is 0 Å². The number of carbonyl (C=O) groups excluding carboxylic acids is 1. The van der Waals surface area contributed by atoms with Gasteiger partial charge in [0.05, 0.1) is 17.7 Å². The predicted octanol–water partition coefficient (Wildman–Crippen LogP) is 2.20. The van der Waals surface area contributed by atoms with Gasteiger partial charge in [-0.15, -0.1) is 0 Å². The molecular formula is C15H25N3O. The van der Waals surface area contributed by atoms with Crippen molar-refractivity contribution in [3.8, 4) is 0 Å². The number of pyridine rings is 1. The second kappa shape index (κ2) is 7.24. The van der Waals surface area contributed by atoms with Gasteiger partial charge in [0.15, 0.2) is 0 Å². The normalized spacial score (nSPS) is 11.4. The van der Waals surface area contributed by atoms with E-state index in [0.717, 1.165) is 18.5 Å². The molecule has 0 aliphatic heterocycles. The average Bonchev–Trinajstić information content (AvgIpc) is 2.48. The molecule has 1 aromatic rings. The van der Waals surface area contributed by atoms with Crippen LogP contribution in [-0.4, -0.2) is 28.9 Å². The van der Waals surface area contributed by atoms with Crippen LogP contribution >= 0.6 is 0 Å². The van der Waals surface area contributed by atoms with Crippen molar-refractivity contribution in [2.75, 3.05) is 13.1 Å². The highest BCUT2D eigenvalue weighted by Crippen LogP contribution is 2.28. The molecule has 0 spiro atoms. The molecule has 1 aromatic heterocycles. The number of aromatic nitrogens is 1. The summed E-state index contributed by atoms with van der Waals surface area (Å²) in [4.78, 5) is 18.8. The topological polar surface area (TPSA) is 59.2 Å². The first-order valence-corrected chi connectivity index (χ1v) is 7.02. The smallest absolute Gasteiger partial charge is 0.230 e. The SMILES string of the molecule is CCN(Cc1ccccn1)C(=O)C(CC)(CC)CN. The Balaban J connectivity index is 2.87. The maximum Gasteiger partial charge on any atom is 0.230 e. The summed E-state index contributed by atoms with van der Waals surface area (Å²) in [6, 6.07) is 5.76. The van der Waals surface area contributed by atoms with Crippen LogP contribution in [0.25, 0.3) is 0 Å². The molecule has 1 rings (SSSR count). The number of carbonyl (C=O) groups is 1. The highest BCUT2D eigenvalue weighted by molar-refractivity contribution is 5.82. The fraction of sp³-hybridized carbons (Fsp3) is 0.600. The van der Waals surface area contributed by atoms with Crippen molar-refractivity contribution in [3.05, 3.63) is 30.1 Å². The minimum Gasteiger partial charge on any atom is -0.337 e. The third-order valence-corrected chi connectivity index (χ3v) is 3.95. The Morgan fingerprint density at radius 3 is 2.42 bits per heavy atom. The van der Waals surface area contributed by atoms with Crippen LogP contribution in [0.3, 0.4) is 0 Å². The molecule has 0 aromatic carbocycles. The Labute approximate surface area is 116 Å². The van der Waals surface area contributed by atoms with Gasteiger partial charge in [0.1, 0.15) is 0 Å². The van der Waals surface area contributed by atoms with Crippen LogP contribution in [0.5, 0.6) is 0 Å². The van der Waals surface area contributed by atoms with Crippen molar-refractivity contribution in [1.29, 1.82) is 0 Å². The molecule has 0 unspecified atom stereocenters. The summed E-state index contributed by atoms with van der Waals surface area (Å²) in [6.07, 6.45) is 3.30. The Bertz CT molecular complexity index is 379. The summed E-state index contributed by atoms with van der Waals surface area (Å²) < 4.78 is 0. The molecule has 0 radical (unpaired) electrons. The Hall–Kier alpha value is -1.42. The minimum atomic E-state index is -0.426. The van der Waals surface area contributed by atoms with Crippen LogP contribution in [0.1, 0.15) is 39.3 Å². The highest BCUT2D eigenvalue weighted by atomic mass is 16.2. The zero-order valence-electron chi connectivity index (χ0n) is 12.2. The molecule has 0 fully saturated rings. The van der Waals surface area contributed by atoms with Gasteiger partial charge < -0.3 is 10.6 Å². The van der Waals surface area contributed by atoms with Crippen molar-refractivity contribution >= 4 is 5.91 Å². The van der Waals surface area contributed by atoms with Gasteiger partial charge in [-0.05, 0) is 31.9 Å². The number of hydrogen-bond donors (Lipinski definition) is 1. The molecule has 106 valence electrons. The fourth-order valence-corrected chi connectivity index (χ4v) is 2.28. The third kappa shape index (κ3) is 3.53. The summed E-state index contributed by atoms with van der Waals surface area (Å²) in [5.41, 5.74) is 6.34. The first kappa shape index (κ1) is 15.6. The van der Waals surface area contributed by atoms with Gasteiger partial charge in [0, 0.05) is 19.3 Å².